The van der Waals surface area contributed by atoms with E-state index in [0.717, 1.165) is 30.4 Å². The van der Waals surface area contributed by atoms with Crippen molar-refractivity contribution in [2.75, 3.05) is 0 Å². The highest BCUT2D eigenvalue weighted by atomic mass is 19.1. The molecule has 0 bridgehead atoms. The van der Waals surface area contributed by atoms with Crippen LogP contribution in [0.4, 0.5) is 4.39 Å². The average molecular weight is 267 g/mol. The van der Waals surface area contributed by atoms with Gasteiger partial charge in [0.05, 0.1) is 5.56 Å². The second kappa shape index (κ2) is 6.34. The van der Waals surface area contributed by atoms with Crippen molar-refractivity contribution in [2.24, 2.45) is 0 Å². The molecule has 0 amide bonds. The third-order valence-corrected chi connectivity index (χ3v) is 3.55. The number of nitriles is 1. The Hall–Kier alpha value is -2.14. The molecule has 0 aliphatic carbocycles. The van der Waals surface area contributed by atoms with E-state index in [4.69, 9.17) is 5.26 Å². The van der Waals surface area contributed by atoms with Crippen LogP contribution in [0.3, 0.4) is 0 Å². The minimum atomic E-state index is -0.450. The molecular formula is C18H18FN. The molecule has 102 valence electrons. The molecule has 2 heteroatoms. The Balaban J connectivity index is 2.57. The maximum Gasteiger partial charge on any atom is 0.141 e. The van der Waals surface area contributed by atoms with E-state index in [1.54, 1.807) is 6.07 Å². The van der Waals surface area contributed by atoms with Crippen molar-refractivity contribution in [2.45, 2.75) is 33.1 Å². The van der Waals surface area contributed by atoms with Gasteiger partial charge >= 0.3 is 0 Å². The minimum absolute atomic E-state index is 0.0948. The van der Waals surface area contributed by atoms with E-state index >= 15 is 0 Å². The lowest BCUT2D eigenvalue weighted by Gasteiger charge is -2.14. The highest BCUT2D eigenvalue weighted by Gasteiger charge is 2.10. The zero-order valence-electron chi connectivity index (χ0n) is 11.9. The molecule has 2 rings (SSSR count). The summed E-state index contributed by atoms with van der Waals surface area (Å²) >= 11 is 0. The normalized spacial score (nSPS) is 10.3. The molecule has 0 fully saturated rings. The van der Waals surface area contributed by atoms with Crippen molar-refractivity contribution in [3.05, 3.63) is 58.9 Å². The topological polar surface area (TPSA) is 23.8 Å². The second-order valence-electron chi connectivity index (χ2n) is 4.85. The first kappa shape index (κ1) is 14.3. The molecule has 0 heterocycles. The molecule has 20 heavy (non-hydrogen) atoms. The lowest BCUT2D eigenvalue weighted by atomic mass is 9.91. The zero-order valence-corrected chi connectivity index (χ0v) is 11.9. The highest BCUT2D eigenvalue weighted by molar-refractivity contribution is 5.69. The van der Waals surface area contributed by atoms with Gasteiger partial charge in [-0.15, -0.1) is 0 Å². The molecule has 0 aliphatic rings. The fourth-order valence-electron chi connectivity index (χ4n) is 2.55. The largest absolute Gasteiger partial charge is 0.206 e. The van der Waals surface area contributed by atoms with Gasteiger partial charge in [-0.25, -0.2) is 4.39 Å². The van der Waals surface area contributed by atoms with Crippen molar-refractivity contribution in [1.82, 2.24) is 0 Å². The first-order valence-electron chi connectivity index (χ1n) is 7.02. The summed E-state index contributed by atoms with van der Waals surface area (Å²) in [4.78, 5) is 0. The SMILES string of the molecule is CCCc1c(CC)cccc1-c1ccc(C#N)c(F)c1. The van der Waals surface area contributed by atoms with Crippen LogP contribution in [0.1, 0.15) is 37.0 Å². The van der Waals surface area contributed by atoms with E-state index in [-0.39, 0.29) is 5.56 Å². The van der Waals surface area contributed by atoms with Gasteiger partial charge in [0.1, 0.15) is 11.9 Å². The molecule has 0 atom stereocenters. The van der Waals surface area contributed by atoms with E-state index in [1.165, 1.54) is 17.2 Å². The number of hydrogen-bond donors (Lipinski definition) is 0. The highest BCUT2D eigenvalue weighted by Crippen LogP contribution is 2.29. The van der Waals surface area contributed by atoms with Crippen LogP contribution in [-0.4, -0.2) is 0 Å². The van der Waals surface area contributed by atoms with Gasteiger partial charge in [0.2, 0.25) is 0 Å². The molecule has 0 aliphatic heterocycles. The Kier molecular flexibility index (Phi) is 4.53. The van der Waals surface area contributed by atoms with Gasteiger partial charge in [0, 0.05) is 0 Å². The van der Waals surface area contributed by atoms with Gasteiger partial charge < -0.3 is 0 Å². The van der Waals surface area contributed by atoms with Crippen LogP contribution in [-0.2, 0) is 12.8 Å². The molecule has 2 aromatic rings. The van der Waals surface area contributed by atoms with Gasteiger partial charge in [-0.3, -0.25) is 0 Å². The third kappa shape index (κ3) is 2.72. The van der Waals surface area contributed by atoms with Crippen molar-refractivity contribution in [3.8, 4) is 17.2 Å². The Morgan fingerprint density at radius 1 is 1.15 bits per heavy atom. The van der Waals surface area contributed by atoms with Crippen LogP contribution in [0.5, 0.6) is 0 Å². The van der Waals surface area contributed by atoms with Crippen LogP contribution in [0.25, 0.3) is 11.1 Å². The maximum absolute atomic E-state index is 13.8. The van der Waals surface area contributed by atoms with Gasteiger partial charge in [-0.1, -0.05) is 44.5 Å². The Morgan fingerprint density at radius 2 is 1.95 bits per heavy atom. The maximum atomic E-state index is 13.8. The number of hydrogen-bond acceptors (Lipinski definition) is 1. The lowest BCUT2D eigenvalue weighted by molar-refractivity contribution is 0.624. The Bertz CT molecular complexity index is 653. The van der Waals surface area contributed by atoms with Crippen LogP contribution in [0.2, 0.25) is 0 Å². The van der Waals surface area contributed by atoms with E-state index in [0.29, 0.717) is 0 Å². The lowest BCUT2D eigenvalue weighted by Crippen LogP contribution is -1.97. The predicted molar refractivity (Wildman–Crippen MR) is 79.9 cm³/mol. The minimum Gasteiger partial charge on any atom is -0.206 e. The van der Waals surface area contributed by atoms with Crippen molar-refractivity contribution < 1.29 is 4.39 Å². The first-order valence-corrected chi connectivity index (χ1v) is 7.02. The summed E-state index contributed by atoms with van der Waals surface area (Å²) in [5.41, 5.74) is 4.63. The summed E-state index contributed by atoms with van der Waals surface area (Å²) in [7, 11) is 0. The van der Waals surface area contributed by atoms with Crippen LogP contribution in [0, 0.1) is 17.1 Å². The molecule has 0 saturated carbocycles. The number of nitrogens with zero attached hydrogens (tertiary/aromatic N) is 1. The summed E-state index contributed by atoms with van der Waals surface area (Å²) in [5.74, 6) is -0.450. The van der Waals surface area contributed by atoms with E-state index in [9.17, 15) is 4.39 Å². The molecule has 0 spiro atoms. The third-order valence-electron chi connectivity index (χ3n) is 3.55. The molecule has 0 aromatic heterocycles. The smallest absolute Gasteiger partial charge is 0.141 e. The molecule has 0 N–H and O–H groups in total. The molecule has 0 saturated heterocycles. The van der Waals surface area contributed by atoms with Crippen LogP contribution in [0.15, 0.2) is 36.4 Å². The van der Waals surface area contributed by atoms with E-state index in [1.807, 2.05) is 24.3 Å². The monoisotopic (exact) mass is 267 g/mol. The summed E-state index contributed by atoms with van der Waals surface area (Å²) in [6, 6.07) is 12.9. The zero-order chi connectivity index (χ0) is 14.5. The number of aryl methyl sites for hydroxylation is 1. The molecular weight excluding hydrogens is 249 g/mol. The van der Waals surface area contributed by atoms with Gasteiger partial charge in [0.15, 0.2) is 0 Å². The van der Waals surface area contributed by atoms with Gasteiger partial charge in [-0.2, -0.15) is 5.26 Å². The standard InChI is InChI=1S/C18H18FN/c1-3-6-16-13(4-2)7-5-8-17(16)14-9-10-15(12-20)18(19)11-14/h5,7-11H,3-4,6H2,1-2H3. The van der Waals surface area contributed by atoms with Gasteiger partial charge in [0.25, 0.3) is 0 Å². The Labute approximate surface area is 119 Å². The fourth-order valence-corrected chi connectivity index (χ4v) is 2.55. The Morgan fingerprint density at radius 3 is 2.55 bits per heavy atom. The molecule has 0 radical (unpaired) electrons. The molecule has 1 nitrogen and oxygen atoms in total. The summed E-state index contributed by atoms with van der Waals surface area (Å²) < 4.78 is 13.8. The average Bonchev–Trinajstić information content (AvgIpc) is 2.47. The number of rotatable bonds is 4. The summed E-state index contributed by atoms with van der Waals surface area (Å²) in [6.45, 7) is 4.28. The molecule has 2 aromatic carbocycles. The van der Waals surface area contributed by atoms with Crippen LogP contribution >= 0.6 is 0 Å². The van der Waals surface area contributed by atoms with Crippen molar-refractivity contribution >= 4 is 0 Å². The summed E-state index contributed by atoms with van der Waals surface area (Å²) in [6.07, 6.45) is 3.02. The first-order chi connectivity index (χ1) is 9.71. The van der Waals surface area contributed by atoms with E-state index in [2.05, 4.69) is 19.9 Å². The number of halogens is 1. The molecule has 0 unspecified atom stereocenters. The quantitative estimate of drug-likeness (QED) is 0.774. The predicted octanol–water partition coefficient (Wildman–Crippen LogP) is 4.88. The fraction of sp³-hybridized carbons (Fsp3) is 0.278. The van der Waals surface area contributed by atoms with Gasteiger partial charge in [-0.05, 0) is 47.2 Å². The van der Waals surface area contributed by atoms with Crippen LogP contribution < -0.4 is 0 Å². The van der Waals surface area contributed by atoms with Crippen molar-refractivity contribution in [1.29, 1.82) is 5.26 Å². The van der Waals surface area contributed by atoms with Crippen molar-refractivity contribution in [3.63, 3.8) is 0 Å². The summed E-state index contributed by atoms with van der Waals surface area (Å²) in [5, 5.41) is 8.81. The van der Waals surface area contributed by atoms with E-state index < -0.39 is 5.82 Å². The second-order valence-corrected chi connectivity index (χ2v) is 4.85. The number of benzene rings is 2.